The van der Waals surface area contributed by atoms with Gasteiger partial charge < -0.3 is 5.11 Å². The van der Waals surface area contributed by atoms with Crippen molar-refractivity contribution >= 4 is 35.6 Å². The molecule has 3 aromatic rings. The zero-order chi connectivity index (χ0) is 18.8. The van der Waals surface area contributed by atoms with Gasteiger partial charge in [-0.25, -0.2) is 0 Å². The van der Waals surface area contributed by atoms with Crippen molar-refractivity contribution in [3.8, 4) is 11.3 Å². The van der Waals surface area contributed by atoms with E-state index >= 15 is 0 Å². The smallest absolute Gasteiger partial charge is 0.0723 e. The van der Waals surface area contributed by atoms with Crippen molar-refractivity contribution in [2.24, 2.45) is 0 Å². The number of aliphatic hydroxyl groups is 1. The van der Waals surface area contributed by atoms with Gasteiger partial charge in [0.2, 0.25) is 0 Å². The van der Waals surface area contributed by atoms with Crippen LogP contribution in [0.15, 0.2) is 48.5 Å². The highest BCUT2D eigenvalue weighted by Crippen LogP contribution is 2.34. The summed E-state index contributed by atoms with van der Waals surface area (Å²) in [6.45, 7) is 0.182. The van der Waals surface area contributed by atoms with Crippen LogP contribution in [0.2, 0.25) is 10.0 Å². The highest BCUT2D eigenvalue weighted by Gasteiger charge is 2.19. The Bertz CT molecular complexity index is 970. The number of pyridine rings is 1. The lowest BCUT2D eigenvalue weighted by atomic mass is 9.96. The summed E-state index contributed by atoms with van der Waals surface area (Å²) >= 11 is 12.6. The zero-order valence-corrected chi connectivity index (χ0v) is 17.7. The van der Waals surface area contributed by atoms with Crippen LogP contribution in [0.1, 0.15) is 34.4 Å². The molecule has 1 N–H and O–H groups in total. The zero-order valence-electron chi connectivity index (χ0n) is 15.4. The lowest BCUT2D eigenvalue weighted by Gasteiger charge is -2.13. The highest BCUT2D eigenvalue weighted by atomic mass is 35.5. The molecule has 0 saturated heterocycles. The van der Waals surface area contributed by atoms with E-state index in [1.165, 1.54) is 22.4 Å². The van der Waals surface area contributed by atoms with Gasteiger partial charge in [-0.15, -0.1) is 12.4 Å². The molecule has 0 atom stereocenters. The number of hydrogen-bond donors (Lipinski definition) is 1. The number of aliphatic hydroxyl groups excluding tert-OH is 1. The van der Waals surface area contributed by atoms with E-state index in [1.807, 2.05) is 12.1 Å². The molecule has 0 unspecified atom stereocenters. The second-order valence-electron chi connectivity index (χ2n) is 7.04. The molecule has 2 nitrogen and oxygen atoms in total. The third kappa shape index (κ3) is 4.52. The van der Waals surface area contributed by atoms with E-state index in [4.69, 9.17) is 33.3 Å². The number of aryl methyl sites for hydroxylation is 1. The molecule has 0 bridgehead atoms. The van der Waals surface area contributed by atoms with Crippen LogP contribution in [0, 0.1) is 0 Å². The summed E-state index contributed by atoms with van der Waals surface area (Å²) < 4.78 is 0. The van der Waals surface area contributed by atoms with E-state index in [0.717, 1.165) is 42.5 Å². The average Bonchev–Trinajstić information content (AvgIpc) is 3.14. The van der Waals surface area contributed by atoms with E-state index in [1.54, 1.807) is 6.07 Å². The van der Waals surface area contributed by atoms with Gasteiger partial charge in [-0.05, 0) is 78.6 Å². The van der Waals surface area contributed by atoms with Crippen LogP contribution in [0.4, 0.5) is 0 Å². The van der Waals surface area contributed by atoms with Gasteiger partial charge in [0.25, 0.3) is 0 Å². The summed E-state index contributed by atoms with van der Waals surface area (Å²) in [5, 5.41) is 10.4. The number of aromatic nitrogens is 1. The lowest BCUT2D eigenvalue weighted by molar-refractivity contribution is 0.299. The van der Waals surface area contributed by atoms with Crippen LogP contribution >= 0.6 is 35.6 Å². The van der Waals surface area contributed by atoms with Crippen LogP contribution in [0.5, 0.6) is 0 Å². The van der Waals surface area contributed by atoms with Gasteiger partial charge in [-0.1, -0.05) is 47.5 Å². The van der Waals surface area contributed by atoms with Crippen LogP contribution < -0.4 is 0 Å². The maximum atomic E-state index is 9.08. The number of nitrogens with zero attached hydrogens (tertiary/aromatic N) is 1. The first-order valence-electron chi connectivity index (χ1n) is 9.30. The molecule has 1 aliphatic carbocycles. The van der Waals surface area contributed by atoms with Gasteiger partial charge >= 0.3 is 0 Å². The third-order valence-electron chi connectivity index (χ3n) is 5.17. The normalized spacial score (nSPS) is 12.5. The minimum absolute atomic E-state index is 0. The number of rotatable bonds is 5. The second-order valence-corrected chi connectivity index (χ2v) is 7.88. The van der Waals surface area contributed by atoms with Gasteiger partial charge in [-0.2, -0.15) is 0 Å². The second kappa shape index (κ2) is 9.28. The average molecular weight is 435 g/mol. The molecule has 28 heavy (non-hydrogen) atoms. The Labute approximate surface area is 182 Å². The molecular formula is C23H22Cl3NO. The van der Waals surface area contributed by atoms with E-state index in [9.17, 15) is 0 Å². The minimum atomic E-state index is 0. The van der Waals surface area contributed by atoms with Crippen LogP contribution in [-0.4, -0.2) is 16.7 Å². The van der Waals surface area contributed by atoms with Crippen molar-refractivity contribution in [2.75, 3.05) is 6.61 Å². The minimum Gasteiger partial charge on any atom is -0.396 e. The third-order valence-corrected chi connectivity index (χ3v) is 5.73. The Kier molecular flexibility index (Phi) is 7.00. The van der Waals surface area contributed by atoms with Gasteiger partial charge in [0.05, 0.1) is 10.7 Å². The fraction of sp³-hybridized carbons (Fsp3) is 0.261. The van der Waals surface area contributed by atoms with Crippen LogP contribution in [0.25, 0.3) is 11.3 Å². The SMILES string of the molecule is Cl.OCCc1ccc(Cc2cc(-c3cc(Cl)ccc3Cl)nc3c2CCC3)cc1. The van der Waals surface area contributed by atoms with Gasteiger partial charge in [0, 0.05) is 22.9 Å². The topological polar surface area (TPSA) is 33.1 Å². The van der Waals surface area contributed by atoms with E-state index in [0.29, 0.717) is 16.5 Å². The van der Waals surface area contributed by atoms with E-state index in [-0.39, 0.29) is 19.0 Å². The fourth-order valence-electron chi connectivity index (χ4n) is 3.79. The Hall–Kier alpha value is -1.58. The molecule has 5 heteroatoms. The molecule has 0 spiro atoms. The monoisotopic (exact) mass is 433 g/mol. The molecule has 0 amide bonds. The molecule has 2 aromatic carbocycles. The molecule has 0 saturated carbocycles. The number of hydrogen-bond acceptors (Lipinski definition) is 2. The summed E-state index contributed by atoms with van der Waals surface area (Å²) in [7, 11) is 0. The quantitative estimate of drug-likeness (QED) is 0.527. The van der Waals surface area contributed by atoms with Crippen molar-refractivity contribution in [1.82, 2.24) is 4.98 Å². The molecule has 1 heterocycles. The molecule has 1 aromatic heterocycles. The number of benzene rings is 2. The molecule has 146 valence electrons. The molecule has 0 aliphatic heterocycles. The fourth-order valence-corrected chi connectivity index (χ4v) is 4.18. The predicted molar refractivity (Wildman–Crippen MR) is 119 cm³/mol. The Balaban J connectivity index is 0.00000225. The molecule has 4 rings (SSSR count). The van der Waals surface area contributed by atoms with E-state index < -0.39 is 0 Å². The summed E-state index contributed by atoms with van der Waals surface area (Å²) in [6, 6.07) is 16.2. The Morgan fingerprint density at radius 3 is 2.43 bits per heavy atom. The summed E-state index contributed by atoms with van der Waals surface area (Å²) in [6.07, 6.45) is 4.82. The summed E-state index contributed by atoms with van der Waals surface area (Å²) in [5.41, 5.74) is 8.10. The summed E-state index contributed by atoms with van der Waals surface area (Å²) in [4.78, 5) is 4.90. The first-order chi connectivity index (χ1) is 13.1. The largest absolute Gasteiger partial charge is 0.396 e. The molecule has 0 fully saturated rings. The van der Waals surface area contributed by atoms with Crippen molar-refractivity contribution in [3.05, 3.63) is 86.5 Å². The van der Waals surface area contributed by atoms with Crippen molar-refractivity contribution in [2.45, 2.75) is 32.1 Å². The van der Waals surface area contributed by atoms with Crippen molar-refractivity contribution < 1.29 is 5.11 Å². The van der Waals surface area contributed by atoms with E-state index in [2.05, 4.69) is 30.3 Å². The van der Waals surface area contributed by atoms with Crippen LogP contribution in [-0.2, 0) is 25.7 Å². The van der Waals surface area contributed by atoms with Crippen molar-refractivity contribution in [1.29, 1.82) is 0 Å². The van der Waals surface area contributed by atoms with Gasteiger partial charge in [-0.3, -0.25) is 4.98 Å². The molecular weight excluding hydrogens is 413 g/mol. The Morgan fingerprint density at radius 1 is 0.929 bits per heavy atom. The van der Waals surface area contributed by atoms with Gasteiger partial charge in [0.15, 0.2) is 0 Å². The maximum absolute atomic E-state index is 9.08. The summed E-state index contributed by atoms with van der Waals surface area (Å²) in [5.74, 6) is 0. The van der Waals surface area contributed by atoms with Gasteiger partial charge in [0.1, 0.15) is 0 Å². The molecule has 1 aliphatic rings. The van der Waals surface area contributed by atoms with Crippen molar-refractivity contribution in [3.63, 3.8) is 0 Å². The highest BCUT2D eigenvalue weighted by molar-refractivity contribution is 6.35. The Morgan fingerprint density at radius 2 is 1.68 bits per heavy atom. The number of fused-ring (bicyclic) bond motifs is 1. The predicted octanol–water partition coefficient (Wildman–Crippen LogP) is 6.09. The maximum Gasteiger partial charge on any atom is 0.0723 e. The standard InChI is InChI=1S/C23H21Cl2NO.ClH/c24-18-8-9-21(25)20(14-18)23-13-17(19-2-1-3-22(19)26-23)12-16-6-4-15(5-7-16)10-11-27;/h4-9,13-14,27H,1-3,10-12H2;1H. The lowest BCUT2D eigenvalue weighted by Crippen LogP contribution is -2.01. The van der Waals surface area contributed by atoms with Crippen LogP contribution in [0.3, 0.4) is 0 Å². The first kappa shape index (κ1) is 21.1. The number of halogens is 3. The molecule has 0 radical (unpaired) electrons. The first-order valence-corrected chi connectivity index (χ1v) is 10.1.